The van der Waals surface area contributed by atoms with Crippen LogP contribution in [-0.4, -0.2) is 14.3 Å². The number of amidine groups is 1. The van der Waals surface area contributed by atoms with Crippen LogP contribution in [0.5, 0.6) is 0 Å². The van der Waals surface area contributed by atoms with Gasteiger partial charge < -0.3 is 5.73 Å². The second-order valence-corrected chi connectivity index (χ2v) is 3.85. The highest BCUT2D eigenvalue weighted by atomic mass is 32.2. The van der Waals surface area contributed by atoms with Gasteiger partial charge in [0.05, 0.1) is 0 Å². The van der Waals surface area contributed by atoms with Gasteiger partial charge in [0, 0.05) is 11.8 Å². The molecule has 3 N–H and O–H groups in total. The first-order valence-corrected chi connectivity index (χ1v) is 5.06. The van der Waals surface area contributed by atoms with Crippen molar-refractivity contribution in [1.29, 1.82) is 0 Å². The molecule has 1 heterocycles. The second kappa shape index (κ2) is 3.14. The summed E-state index contributed by atoms with van der Waals surface area (Å²) in [5.74, 6) is 0.0391. The first-order valence-electron chi connectivity index (χ1n) is 3.62. The number of rotatable bonds is 2. The van der Waals surface area contributed by atoms with Crippen molar-refractivity contribution < 1.29 is 8.42 Å². The predicted molar refractivity (Wildman–Crippen MR) is 46.7 cm³/mol. The highest BCUT2D eigenvalue weighted by Crippen LogP contribution is 2.07. The van der Waals surface area contributed by atoms with Crippen LogP contribution < -0.4 is 10.5 Å². The van der Waals surface area contributed by atoms with Crippen LogP contribution in [-0.2, 0) is 10.2 Å². The Morgan fingerprint density at radius 1 is 1.67 bits per heavy atom. The summed E-state index contributed by atoms with van der Waals surface area (Å²) in [5.41, 5.74) is 5.89. The Labute approximate surface area is 71.5 Å². The van der Waals surface area contributed by atoms with Gasteiger partial charge in [0.15, 0.2) is 0 Å². The van der Waals surface area contributed by atoms with Crippen molar-refractivity contribution in [3.63, 3.8) is 0 Å². The zero-order valence-electron chi connectivity index (χ0n) is 6.74. The fraction of sp³-hybridized carbons (Fsp3) is 0.500. The van der Waals surface area contributed by atoms with Crippen molar-refractivity contribution in [3.05, 3.63) is 11.8 Å². The third-order valence-corrected chi connectivity index (χ3v) is 2.30. The Bertz CT molecular complexity index is 329. The molecule has 0 unspecified atom stereocenters. The van der Waals surface area contributed by atoms with Crippen LogP contribution in [0.25, 0.3) is 0 Å². The van der Waals surface area contributed by atoms with Gasteiger partial charge in [-0.05, 0) is 6.42 Å². The summed E-state index contributed by atoms with van der Waals surface area (Å²) >= 11 is 0. The average Bonchev–Trinajstić information content (AvgIpc) is 1.82. The molecule has 1 aliphatic heterocycles. The Hall–Kier alpha value is -1.04. The Morgan fingerprint density at radius 2 is 2.33 bits per heavy atom. The molecule has 0 aromatic rings. The fourth-order valence-electron chi connectivity index (χ4n) is 0.954. The van der Waals surface area contributed by atoms with Gasteiger partial charge in [-0.1, -0.05) is 13.3 Å². The number of hydrogen-bond donors (Lipinski definition) is 2. The third kappa shape index (κ3) is 2.23. The lowest BCUT2D eigenvalue weighted by Gasteiger charge is -2.12. The van der Waals surface area contributed by atoms with E-state index in [9.17, 15) is 8.42 Å². The molecule has 0 amide bonds. The molecule has 0 aromatic carbocycles. The normalized spacial score (nSPS) is 20.8. The lowest BCUT2D eigenvalue weighted by molar-refractivity contribution is 0.588. The summed E-state index contributed by atoms with van der Waals surface area (Å²) < 4.78 is 27.4. The van der Waals surface area contributed by atoms with Gasteiger partial charge in [0.1, 0.15) is 5.84 Å². The van der Waals surface area contributed by atoms with E-state index in [0.29, 0.717) is 12.1 Å². The number of nitrogens with zero attached hydrogens (tertiary/aromatic N) is 1. The quantitative estimate of drug-likeness (QED) is 0.635. The lowest BCUT2D eigenvalue weighted by Crippen LogP contribution is -2.29. The molecule has 1 rings (SSSR count). The molecule has 0 radical (unpaired) electrons. The van der Waals surface area contributed by atoms with E-state index in [2.05, 4.69) is 9.12 Å². The Morgan fingerprint density at radius 3 is 2.83 bits per heavy atom. The van der Waals surface area contributed by atoms with Crippen LogP contribution in [0.15, 0.2) is 16.2 Å². The fourth-order valence-corrected chi connectivity index (χ4v) is 1.82. The molecule has 12 heavy (non-hydrogen) atoms. The number of hydrogen-bond acceptors (Lipinski definition) is 3. The van der Waals surface area contributed by atoms with Crippen LogP contribution in [0.4, 0.5) is 0 Å². The maximum atomic E-state index is 10.9. The van der Waals surface area contributed by atoms with E-state index in [4.69, 9.17) is 5.73 Å². The smallest absolute Gasteiger partial charge is 0.343 e. The van der Waals surface area contributed by atoms with Crippen molar-refractivity contribution >= 4 is 16.0 Å². The van der Waals surface area contributed by atoms with Crippen molar-refractivity contribution in [2.24, 2.45) is 10.1 Å². The van der Waals surface area contributed by atoms with Crippen molar-refractivity contribution in [2.45, 2.75) is 19.8 Å². The second-order valence-electron chi connectivity index (χ2n) is 2.51. The van der Waals surface area contributed by atoms with E-state index in [0.717, 1.165) is 6.42 Å². The molecule has 0 spiro atoms. The zero-order chi connectivity index (χ0) is 9.19. The molecule has 0 saturated heterocycles. The van der Waals surface area contributed by atoms with Crippen molar-refractivity contribution in [3.8, 4) is 0 Å². The van der Waals surface area contributed by atoms with Crippen LogP contribution in [0.3, 0.4) is 0 Å². The number of nitrogens with one attached hydrogen (secondary N) is 1. The maximum absolute atomic E-state index is 10.9. The topological polar surface area (TPSA) is 84.5 Å². The van der Waals surface area contributed by atoms with Crippen molar-refractivity contribution in [2.75, 3.05) is 0 Å². The number of nitrogens with two attached hydrogens (primary N) is 1. The molecule has 0 atom stereocenters. The summed E-state index contributed by atoms with van der Waals surface area (Å²) in [6.07, 6.45) is 3.06. The lowest BCUT2D eigenvalue weighted by atomic mass is 10.2. The molecule has 0 fully saturated rings. The highest BCUT2D eigenvalue weighted by molar-refractivity contribution is 7.88. The SMILES string of the molecule is CCCC1=CC(N)=NS(=O)(=O)N1. The van der Waals surface area contributed by atoms with E-state index in [-0.39, 0.29) is 5.84 Å². The van der Waals surface area contributed by atoms with Crippen LogP contribution in [0.2, 0.25) is 0 Å². The predicted octanol–water partition coefficient (Wildman–Crippen LogP) is -0.124. The standard InChI is InChI=1S/C6H11N3O2S/c1-2-3-5-4-6(7)9-12(10,11)8-5/h4,8H,2-3H2,1H3,(H2,7,9). The first kappa shape index (κ1) is 9.05. The van der Waals surface area contributed by atoms with E-state index in [1.54, 1.807) is 0 Å². The monoisotopic (exact) mass is 189 g/mol. The first-order chi connectivity index (χ1) is 5.53. The van der Waals surface area contributed by atoms with E-state index in [1.165, 1.54) is 6.08 Å². The highest BCUT2D eigenvalue weighted by Gasteiger charge is 2.14. The Kier molecular flexibility index (Phi) is 2.37. The van der Waals surface area contributed by atoms with Crippen LogP contribution in [0.1, 0.15) is 19.8 Å². The molecule has 0 aliphatic carbocycles. The molecular weight excluding hydrogens is 178 g/mol. The van der Waals surface area contributed by atoms with Crippen molar-refractivity contribution in [1.82, 2.24) is 4.72 Å². The Balaban J connectivity index is 2.89. The summed E-state index contributed by atoms with van der Waals surface area (Å²) in [7, 11) is -3.56. The third-order valence-electron chi connectivity index (χ3n) is 1.33. The van der Waals surface area contributed by atoms with E-state index in [1.807, 2.05) is 6.92 Å². The maximum Gasteiger partial charge on any atom is 0.343 e. The summed E-state index contributed by atoms with van der Waals surface area (Å²) in [5, 5.41) is 0. The minimum atomic E-state index is -3.56. The van der Waals surface area contributed by atoms with E-state index >= 15 is 0 Å². The van der Waals surface area contributed by atoms with Gasteiger partial charge in [0.2, 0.25) is 0 Å². The van der Waals surface area contributed by atoms with Crippen LogP contribution >= 0.6 is 0 Å². The minimum absolute atomic E-state index is 0.0391. The van der Waals surface area contributed by atoms with E-state index < -0.39 is 10.2 Å². The molecule has 5 nitrogen and oxygen atoms in total. The minimum Gasteiger partial charge on any atom is -0.383 e. The van der Waals surface area contributed by atoms with Gasteiger partial charge in [-0.25, -0.2) is 0 Å². The molecule has 0 aromatic heterocycles. The molecule has 1 aliphatic rings. The van der Waals surface area contributed by atoms with Gasteiger partial charge >= 0.3 is 10.2 Å². The van der Waals surface area contributed by atoms with Gasteiger partial charge in [-0.15, -0.1) is 4.40 Å². The molecular formula is C6H11N3O2S. The molecule has 0 bridgehead atoms. The molecule has 0 saturated carbocycles. The summed E-state index contributed by atoms with van der Waals surface area (Å²) in [4.78, 5) is 0. The van der Waals surface area contributed by atoms with Gasteiger partial charge in [0.25, 0.3) is 0 Å². The largest absolute Gasteiger partial charge is 0.383 e. The molecule has 68 valence electrons. The summed E-state index contributed by atoms with van der Waals surface area (Å²) in [6.45, 7) is 1.96. The van der Waals surface area contributed by atoms with Crippen LogP contribution in [0, 0.1) is 0 Å². The molecule has 6 heteroatoms. The summed E-state index contributed by atoms with van der Waals surface area (Å²) in [6, 6.07) is 0. The van der Waals surface area contributed by atoms with Gasteiger partial charge in [-0.3, -0.25) is 4.72 Å². The zero-order valence-corrected chi connectivity index (χ0v) is 7.56. The average molecular weight is 189 g/mol. The number of allylic oxidation sites excluding steroid dienone is 1. The van der Waals surface area contributed by atoms with Gasteiger partial charge in [-0.2, -0.15) is 8.42 Å².